The third-order valence-electron chi connectivity index (χ3n) is 5.73. The van der Waals surface area contributed by atoms with E-state index >= 15 is 0 Å². The van der Waals surface area contributed by atoms with Gasteiger partial charge >= 0.3 is 6.18 Å². The largest absolute Gasteiger partial charge is 0.454 e. The maximum atomic E-state index is 12.6. The molecule has 38 heavy (non-hydrogen) atoms. The lowest BCUT2D eigenvalue weighted by molar-refractivity contribution is -0.128. The fraction of sp³-hybridized carbons (Fsp3) is 0.348. The van der Waals surface area contributed by atoms with E-state index in [0.717, 1.165) is 17.8 Å². The van der Waals surface area contributed by atoms with E-state index in [9.17, 15) is 22.8 Å². The second-order valence-electron chi connectivity index (χ2n) is 8.38. The molecule has 4 heterocycles. The van der Waals surface area contributed by atoms with Gasteiger partial charge in [-0.3, -0.25) is 9.59 Å². The topological polar surface area (TPSA) is 141 Å². The maximum Gasteiger partial charge on any atom is 0.405 e. The quantitative estimate of drug-likeness (QED) is 0.248. The second kappa shape index (κ2) is 10.3. The highest BCUT2D eigenvalue weighted by Gasteiger charge is 2.29. The van der Waals surface area contributed by atoms with Crippen LogP contribution in [0.2, 0.25) is 0 Å². The summed E-state index contributed by atoms with van der Waals surface area (Å²) in [5, 5.41) is 6.47. The van der Waals surface area contributed by atoms with Crippen molar-refractivity contribution >= 4 is 45.0 Å². The predicted octanol–water partition coefficient (Wildman–Crippen LogP) is 2.69. The molecule has 0 unspecified atom stereocenters. The number of halogens is 3. The van der Waals surface area contributed by atoms with Gasteiger partial charge in [0.2, 0.25) is 18.6 Å². The first-order chi connectivity index (χ1) is 18.2. The van der Waals surface area contributed by atoms with Crippen LogP contribution >= 0.6 is 11.3 Å². The summed E-state index contributed by atoms with van der Waals surface area (Å²) in [7, 11) is 0. The van der Waals surface area contributed by atoms with Crippen molar-refractivity contribution in [2.75, 3.05) is 38.8 Å². The normalized spacial score (nSPS) is 15.4. The molecule has 200 valence electrons. The molecular formula is C23H21F3N6O5S. The predicted molar refractivity (Wildman–Crippen MR) is 130 cm³/mol. The number of hydrogen-bond acceptors (Lipinski definition) is 10. The summed E-state index contributed by atoms with van der Waals surface area (Å²) in [4.78, 5) is 40.2. The van der Waals surface area contributed by atoms with Crippen LogP contribution in [0.4, 0.5) is 19.1 Å². The van der Waals surface area contributed by atoms with E-state index in [1.54, 1.807) is 23.1 Å². The minimum atomic E-state index is -4.56. The average Bonchev–Trinajstić information content (AvgIpc) is 3.61. The van der Waals surface area contributed by atoms with Crippen molar-refractivity contribution in [2.45, 2.75) is 19.0 Å². The van der Waals surface area contributed by atoms with Gasteiger partial charge in [-0.1, -0.05) is 5.16 Å². The number of hydrogen-bond donors (Lipinski definition) is 2. The lowest BCUT2D eigenvalue weighted by Gasteiger charge is -2.14. The number of amides is 2. The van der Waals surface area contributed by atoms with Crippen molar-refractivity contribution in [3.63, 3.8) is 0 Å². The van der Waals surface area contributed by atoms with Gasteiger partial charge in [0.1, 0.15) is 29.4 Å². The zero-order valence-corrected chi connectivity index (χ0v) is 20.5. The van der Waals surface area contributed by atoms with Crippen molar-refractivity contribution in [1.29, 1.82) is 0 Å². The SMILES string of the molecule is Nc1nc(C(=NOCCN2CCCC2=O)c2ccc3c(c2)OCO3)c2cc(C(=O)NCC(F)(F)F)sc2n1. The number of nitrogens with two attached hydrogens (primary N) is 1. The van der Waals surface area contributed by atoms with Gasteiger partial charge in [-0.25, -0.2) is 9.97 Å². The van der Waals surface area contributed by atoms with Gasteiger partial charge in [0.15, 0.2) is 11.5 Å². The molecule has 2 aliphatic rings. The van der Waals surface area contributed by atoms with Gasteiger partial charge in [-0.05, 0) is 30.7 Å². The van der Waals surface area contributed by atoms with Gasteiger partial charge in [-0.15, -0.1) is 11.3 Å². The summed E-state index contributed by atoms with van der Waals surface area (Å²) in [6.45, 7) is -0.314. The highest BCUT2D eigenvalue weighted by Crippen LogP contribution is 2.35. The molecule has 0 aliphatic carbocycles. The zero-order valence-electron chi connectivity index (χ0n) is 19.7. The Morgan fingerprint density at radius 2 is 2.05 bits per heavy atom. The number of fused-ring (bicyclic) bond motifs is 2. The number of nitrogens with one attached hydrogen (secondary N) is 1. The lowest BCUT2D eigenvalue weighted by Crippen LogP contribution is -2.33. The van der Waals surface area contributed by atoms with E-state index in [4.69, 9.17) is 20.0 Å². The molecule has 2 aromatic heterocycles. The molecule has 1 aromatic carbocycles. The minimum absolute atomic E-state index is 0.0103. The van der Waals surface area contributed by atoms with Crippen LogP contribution in [-0.4, -0.2) is 71.6 Å². The number of anilines is 1. The van der Waals surface area contributed by atoms with E-state index in [0.29, 0.717) is 42.0 Å². The molecule has 0 spiro atoms. The summed E-state index contributed by atoms with van der Waals surface area (Å²) in [5.74, 6) is 0.00542. The summed E-state index contributed by atoms with van der Waals surface area (Å²) in [6.07, 6.45) is -3.27. The molecule has 0 bridgehead atoms. The molecule has 0 radical (unpaired) electrons. The number of ether oxygens (including phenoxy) is 2. The fourth-order valence-corrected chi connectivity index (χ4v) is 4.93. The highest BCUT2D eigenvalue weighted by atomic mass is 32.1. The van der Waals surface area contributed by atoms with Crippen molar-refractivity contribution in [3.05, 3.63) is 40.4 Å². The van der Waals surface area contributed by atoms with Gasteiger partial charge in [0.25, 0.3) is 5.91 Å². The van der Waals surface area contributed by atoms with Crippen LogP contribution in [0.1, 0.15) is 33.8 Å². The Labute approximate surface area is 217 Å². The molecule has 15 heteroatoms. The number of likely N-dealkylation sites (tertiary alicyclic amines) is 1. The number of rotatable bonds is 8. The van der Waals surface area contributed by atoms with Gasteiger partial charge in [0.05, 0.1) is 11.4 Å². The second-order valence-corrected chi connectivity index (χ2v) is 9.41. The Hall–Kier alpha value is -4.14. The number of oxime groups is 1. The molecular weight excluding hydrogens is 529 g/mol. The van der Waals surface area contributed by atoms with Crippen molar-refractivity contribution in [2.24, 2.45) is 5.16 Å². The number of benzene rings is 1. The number of thiophene rings is 1. The molecule has 0 atom stereocenters. The Morgan fingerprint density at radius 3 is 2.82 bits per heavy atom. The monoisotopic (exact) mass is 550 g/mol. The van der Waals surface area contributed by atoms with Crippen LogP contribution in [0.15, 0.2) is 29.4 Å². The number of nitrogen functional groups attached to an aromatic ring is 1. The van der Waals surface area contributed by atoms with Crippen molar-refractivity contribution in [3.8, 4) is 11.5 Å². The minimum Gasteiger partial charge on any atom is -0.454 e. The smallest absolute Gasteiger partial charge is 0.405 e. The first-order valence-electron chi connectivity index (χ1n) is 11.5. The molecule has 2 amide bonds. The zero-order chi connectivity index (χ0) is 26.9. The molecule has 1 saturated heterocycles. The standard InChI is InChI=1S/C23H21F3N6O5S/c24-23(25,26)10-28-20(34)16-9-13-19(29-22(27)30-21(13)38-16)18(12-3-4-14-15(8-12)36-11-35-14)31-37-7-6-32-5-1-2-17(32)33/h3-4,8-9H,1-2,5-7,10-11H2,(H,28,34)(H2,27,29,30). The number of carbonyl (C=O) groups excluding carboxylic acids is 2. The summed E-state index contributed by atoms with van der Waals surface area (Å²) in [6, 6.07) is 6.43. The Kier molecular flexibility index (Phi) is 6.93. The third-order valence-corrected chi connectivity index (χ3v) is 6.76. The molecule has 0 saturated carbocycles. The van der Waals surface area contributed by atoms with Crippen molar-refractivity contribution < 1.29 is 37.1 Å². The molecule has 1 fully saturated rings. The van der Waals surface area contributed by atoms with Crippen LogP contribution in [0, 0.1) is 0 Å². The first kappa shape index (κ1) is 25.5. The van der Waals surface area contributed by atoms with E-state index in [1.165, 1.54) is 6.07 Å². The maximum absolute atomic E-state index is 12.6. The third kappa shape index (κ3) is 5.56. The van der Waals surface area contributed by atoms with Gasteiger partial charge in [-0.2, -0.15) is 13.2 Å². The van der Waals surface area contributed by atoms with E-state index in [2.05, 4.69) is 15.1 Å². The van der Waals surface area contributed by atoms with Crippen molar-refractivity contribution in [1.82, 2.24) is 20.2 Å². The van der Waals surface area contributed by atoms with Crippen LogP contribution in [0.3, 0.4) is 0 Å². The van der Waals surface area contributed by atoms with Crippen LogP contribution < -0.4 is 20.5 Å². The Balaban J connectivity index is 1.49. The van der Waals surface area contributed by atoms with Crippen LogP contribution in [0.25, 0.3) is 10.2 Å². The van der Waals surface area contributed by atoms with Gasteiger partial charge < -0.3 is 30.3 Å². The number of aromatic nitrogens is 2. The number of nitrogens with zero attached hydrogens (tertiary/aromatic N) is 4. The molecule has 3 N–H and O–H groups in total. The van der Waals surface area contributed by atoms with Crippen LogP contribution in [0.5, 0.6) is 11.5 Å². The number of carbonyl (C=O) groups is 2. The number of alkyl halides is 3. The summed E-state index contributed by atoms with van der Waals surface area (Å²) >= 11 is 0.867. The molecule has 3 aromatic rings. The fourth-order valence-electron chi connectivity index (χ4n) is 3.98. The molecule has 2 aliphatic heterocycles. The van der Waals surface area contributed by atoms with E-state index in [-0.39, 0.29) is 46.4 Å². The Bertz CT molecular complexity index is 1430. The van der Waals surface area contributed by atoms with Crippen LogP contribution in [-0.2, 0) is 9.63 Å². The van der Waals surface area contributed by atoms with E-state index < -0.39 is 18.6 Å². The summed E-state index contributed by atoms with van der Waals surface area (Å²) in [5.41, 5.74) is 6.87. The first-order valence-corrected chi connectivity index (χ1v) is 12.3. The average molecular weight is 551 g/mol. The lowest BCUT2D eigenvalue weighted by atomic mass is 10.0. The molecule has 11 nitrogen and oxygen atoms in total. The highest BCUT2D eigenvalue weighted by molar-refractivity contribution is 7.20. The van der Waals surface area contributed by atoms with Gasteiger partial charge in [0, 0.05) is 23.9 Å². The Morgan fingerprint density at radius 1 is 1.24 bits per heavy atom. The summed E-state index contributed by atoms with van der Waals surface area (Å²) < 4.78 is 48.6. The van der Waals surface area contributed by atoms with E-state index in [1.807, 2.05) is 5.32 Å². The molecule has 5 rings (SSSR count).